The van der Waals surface area contributed by atoms with Crippen LogP contribution in [0.4, 0.5) is 0 Å². The Morgan fingerprint density at radius 1 is 1.15 bits per heavy atom. The fourth-order valence-electron chi connectivity index (χ4n) is 2.33. The summed E-state index contributed by atoms with van der Waals surface area (Å²) < 4.78 is 23.9. The number of rotatable bonds is 11. The Labute approximate surface area is 160 Å². The molecular weight excluding hydrogens is 353 g/mol. The van der Waals surface area contributed by atoms with Crippen LogP contribution in [0.5, 0.6) is 0 Å². The van der Waals surface area contributed by atoms with Crippen LogP contribution in [0, 0.1) is 0 Å². The van der Waals surface area contributed by atoms with Crippen LogP contribution >= 0.6 is 0 Å². The van der Waals surface area contributed by atoms with Crippen molar-refractivity contribution in [2.24, 2.45) is 0 Å². The average Bonchev–Trinajstić information content (AvgIpc) is 3.01. The molecule has 26 heavy (non-hydrogen) atoms. The lowest BCUT2D eigenvalue weighted by molar-refractivity contribution is 0.0455. The molecule has 1 aliphatic heterocycles. The lowest BCUT2D eigenvalue weighted by Crippen LogP contribution is -2.38. The predicted octanol–water partition coefficient (Wildman–Crippen LogP) is -1.08. The number of nitrogens with one attached hydrogen (secondary N) is 1. The van der Waals surface area contributed by atoms with Gasteiger partial charge in [0.15, 0.2) is 0 Å². The number of ether oxygens (including phenoxy) is 2. The molecule has 0 aliphatic carbocycles. The van der Waals surface area contributed by atoms with E-state index in [9.17, 15) is 4.21 Å². The smallest absolute Gasteiger partial charge is 0.144 e. The zero-order chi connectivity index (χ0) is 19.2. The summed E-state index contributed by atoms with van der Waals surface area (Å²) in [5, 5.41) is 11.3. The van der Waals surface area contributed by atoms with Gasteiger partial charge in [0.1, 0.15) is 7.85 Å². The van der Waals surface area contributed by atoms with Crippen LogP contribution in [0.1, 0.15) is 19.5 Å². The molecular formula is C16H32BN5O3S. The second-order valence-electron chi connectivity index (χ2n) is 5.60. The lowest BCUT2D eigenvalue weighted by Gasteiger charge is -2.25. The molecule has 0 saturated carbocycles. The monoisotopic (exact) mass is 385 g/mol. The molecule has 0 spiro atoms. The Kier molecular flexibility index (Phi) is 12.8. The van der Waals surface area contributed by atoms with Crippen molar-refractivity contribution in [3.8, 4) is 0 Å². The van der Waals surface area contributed by atoms with Crippen molar-refractivity contribution in [3.05, 3.63) is 5.69 Å². The molecule has 8 nitrogen and oxygen atoms in total. The third-order valence-electron chi connectivity index (χ3n) is 3.81. The van der Waals surface area contributed by atoms with Crippen molar-refractivity contribution in [3.63, 3.8) is 0 Å². The molecule has 0 bridgehead atoms. The number of nitrogens with zero attached hydrogens (tertiary/aromatic N) is 4. The van der Waals surface area contributed by atoms with Gasteiger partial charge in [0.2, 0.25) is 0 Å². The van der Waals surface area contributed by atoms with E-state index in [-0.39, 0.29) is 0 Å². The van der Waals surface area contributed by atoms with Gasteiger partial charge in [-0.25, -0.2) is 0 Å². The molecule has 0 atom stereocenters. The zero-order valence-corrected chi connectivity index (χ0v) is 17.1. The maximum atomic E-state index is 11.4. The van der Waals surface area contributed by atoms with Crippen molar-refractivity contribution in [2.75, 3.05) is 64.6 Å². The molecule has 148 valence electrons. The Bertz CT molecular complexity index is 508. The topological polar surface area (TPSA) is 81.5 Å². The summed E-state index contributed by atoms with van der Waals surface area (Å²) in [5.41, 5.74) is 1.36. The largest absolute Gasteiger partial charge is 0.378 e. The first-order valence-corrected chi connectivity index (χ1v) is 10.7. The molecule has 1 saturated heterocycles. The Morgan fingerprint density at radius 2 is 1.81 bits per heavy atom. The van der Waals surface area contributed by atoms with Gasteiger partial charge in [0.05, 0.1) is 38.7 Å². The van der Waals surface area contributed by atoms with Gasteiger partial charge in [-0.2, -0.15) is 0 Å². The quantitative estimate of drug-likeness (QED) is 0.383. The molecule has 1 aliphatic rings. The van der Waals surface area contributed by atoms with Gasteiger partial charge in [0, 0.05) is 54.1 Å². The summed E-state index contributed by atoms with van der Waals surface area (Å²) >= 11 is 0. The third-order valence-corrected chi connectivity index (χ3v) is 5.08. The standard InChI is InChI=1S/C14H26BN5O3S.C2H6/c1-16-2-6-22-8-9-23-7-3-20-14(15)13(17-18-20)12-19-4-10-24(21)11-5-19;1-2/h16H,2-12H2,1H3;1-2H3. The van der Waals surface area contributed by atoms with Crippen LogP contribution in [-0.2, 0) is 33.4 Å². The van der Waals surface area contributed by atoms with E-state index in [1.807, 2.05) is 20.9 Å². The highest BCUT2D eigenvalue weighted by Gasteiger charge is 2.18. The molecule has 1 fully saturated rings. The molecule has 0 amide bonds. The van der Waals surface area contributed by atoms with Crippen LogP contribution in [0.25, 0.3) is 0 Å². The van der Waals surface area contributed by atoms with E-state index < -0.39 is 10.8 Å². The molecule has 2 rings (SSSR count). The summed E-state index contributed by atoms with van der Waals surface area (Å²) in [4.78, 5) is 2.21. The number of likely N-dealkylation sites (N-methyl/N-ethyl adjacent to an activating group) is 1. The molecule has 2 heterocycles. The van der Waals surface area contributed by atoms with Crippen molar-refractivity contribution in [1.82, 2.24) is 25.2 Å². The molecule has 1 aromatic rings. The third kappa shape index (κ3) is 8.72. The van der Waals surface area contributed by atoms with Crippen LogP contribution in [0.15, 0.2) is 0 Å². The molecule has 0 aromatic carbocycles. The molecule has 0 unspecified atom stereocenters. The van der Waals surface area contributed by atoms with Crippen LogP contribution in [0.2, 0.25) is 0 Å². The first-order chi connectivity index (χ1) is 12.7. The average molecular weight is 385 g/mol. The Morgan fingerprint density at radius 3 is 2.46 bits per heavy atom. The Balaban J connectivity index is 0.00000163. The van der Waals surface area contributed by atoms with Gasteiger partial charge in [-0.3, -0.25) is 13.8 Å². The summed E-state index contributed by atoms with van der Waals surface area (Å²) in [7, 11) is 7.33. The van der Waals surface area contributed by atoms with Crippen LogP contribution in [0.3, 0.4) is 0 Å². The first-order valence-electron chi connectivity index (χ1n) is 9.26. The van der Waals surface area contributed by atoms with E-state index >= 15 is 0 Å². The maximum absolute atomic E-state index is 11.4. The number of hydrogen-bond donors (Lipinski definition) is 1. The summed E-state index contributed by atoms with van der Waals surface area (Å²) in [6.45, 7) is 10.0. The minimum atomic E-state index is -0.673. The van der Waals surface area contributed by atoms with Gasteiger partial charge >= 0.3 is 0 Å². The maximum Gasteiger partial charge on any atom is 0.144 e. The molecule has 1 N–H and O–H groups in total. The van der Waals surface area contributed by atoms with Crippen molar-refractivity contribution in [1.29, 1.82) is 0 Å². The first kappa shape index (κ1) is 23.2. The van der Waals surface area contributed by atoms with Crippen molar-refractivity contribution in [2.45, 2.75) is 26.9 Å². The molecule has 2 radical (unpaired) electrons. The molecule has 1 aromatic heterocycles. The summed E-state index contributed by atoms with van der Waals surface area (Å²) in [6, 6.07) is 0. The van der Waals surface area contributed by atoms with E-state index in [2.05, 4.69) is 20.5 Å². The van der Waals surface area contributed by atoms with Gasteiger partial charge in [-0.15, -0.1) is 5.10 Å². The van der Waals surface area contributed by atoms with Crippen molar-refractivity contribution < 1.29 is 13.7 Å². The van der Waals surface area contributed by atoms with Gasteiger partial charge in [0.25, 0.3) is 0 Å². The van der Waals surface area contributed by atoms with E-state index in [4.69, 9.17) is 17.3 Å². The van der Waals surface area contributed by atoms with E-state index in [1.54, 1.807) is 4.68 Å². The highest BCUT2D eigenvalue weighted by Crippen LogP contribution is 2.04. The number of aromatic nitrogens is 3. The van der Waals surface area contributed by atoms with E-state index in [0.29, 0.717) is 45.1 Å². The minimum absolute atomic E-state index is 0.519. The second-order valence-corrected chi connectivity index (χ2v) is 7.29. The second kappa shape index (κ2) is 14.3. The lowest BCUT2D eigenvalue weighted by atomic mass is 10.0. The zero-order valence-electron chi connectivity index (χ0n) is 16.3. The summed E-state index contributed by atoms with van der Waals surface area (Å²) in [5.74, 6) is 1.44. The molecule has 10 heteroatoms. The fourth-order valence-corrected chi connectivity index (χ4v) is 3.45. The Hall–Kier alpha value is -0.805. The van der Waals surface area contributed by atoms with E-state index in [1.165, 1.54) is 0 Å². The highest BCUT2D eigenvalue weighted by molar-refractivity contribution is 7.85. The number of hydrogen-bond acceptors (Lipinski definition) is 7. The van der Waals surface area contributed by atoms with E-state index in [0.717, 1.165) is 36.8 Å². The van der Waals surface area contributed by atoms with Gasteiger partial charge in [-0.05, 0) is 7.05 Å². The van der Waals surface area contributed by atoms with Crippen molar-refractivity contribution >= 4 is 24.2 Å². The minimum Gasteiger partial charge on any atom is -0.378 e. The van der Waals surface area contributed by atoms with Gasteiger partial charge in [-0.1, -0.05) is 19.1 Å². The van der Waals surface area contributed by atoms with Gasteiger partial charge < -0.3 is 14.8 Å². The SMILES string of the molecule is CC.[B]c1c(CN2CCS(=O)CC2)nnn1CCOCCOCCNC. The normalized spacial score (nSPS) is 15.7. The highest BCUT2D eigenvalue weighted by atomic mass is 32.2. The predicted molar refractivity (Wildman–Crippen MR) is 105 cm³/mol. The van der Waals surface area contributed by atoms with Crippen LogP contribution < -0.4 is 10.9 Å². The summed E-state index contributed by atoms with van der Waals surface area (Å²) in [6.07, 6.45) is 0. The van der Waals surface area contributed by atoms with Crippen LogP contribution in [-0.4, -0.2) is 96.6 Å². The fraction of sp³-hybridized carbons (Fsp3) is 0.875.